The van der Waals surface area contributed by atoms with Gasteiger partial charge in [0, 0.05) is 11.8 Å². The molecule has 0 amide bonds. The Morgan fingerprint density at radius 1 is 1.07 bits per heavy atom. The molecule has 3 unspecified atom stereocenters. The van der Waals surface area contributed by atoms with E-state index in [0.717, 1.165) is 41.4 Å². The van der Waals surface area contributed by atoms with Crippen molar-refractivity contribution in [2.75, 3.05) is 0 Å². The lowest BCUT2D eigenvalue weighted by molar-refractivity contribution is -0.115. The topological polar surface area (TPSA) is 17.1 Å². The number of hydrogen-bond acceptors (Lipinski definition) is 1. The van der Waals surface area contributed by atoms with Gasteiger partial charge >= 0.3 is 0 Å². The van der Waals surface area contributed by atoms with Crippen LogP contribution in [-0.4, -0.2) is 5.78 Å². The maximum atomic E-state index is 12.0. The quantitative estimate of drug-likeness (QED) is 0.405. The van der Waals surface area contributed by atoms with Gasteiger partial charge in [0.25, 0.3) is 0 Å². The standard InChI is InChI=1S/C29H46O/c1-7-21(19(2)3)9-8-20(4)25-12-13-26-24-11-10-22-18-23(30)14-16-28(22,5)27(24)15-17-29(25,26)6/h10,14,16,19-21,24-27H,7-9,11-13,15,17-18H2,1-6H3/t20-,21-,24?,25-,26?,27?,28+,29-/m1/s1. The van der Waals surface area contributed by atoms with E-state index in [-0.39, 0.29) is 5.41 Å². The molecule has 0 aromatic heterocycles. The van der Waals surface area contributed by atoms with Crippen LogP contribution in [0.15, 0.2) is 23.8 Å². The van der Waals surface area contributed by atoms with E-state index in [0.29, 0.717) is 17.6 Å². The van der Waals surface area contributed by atoms with Gasteiger partial charge in [-0.2, -0.15) is 0 Å². The summed E-state index contributed by atoms with van der Waals surface area (Å²) in [5, 5.41) is 0. The van der Waals surface area contributed by atoms with Gasteiger partial charge in [0.05, 0.1) is 0 Å². The molecular weight excluding hydrogens is 364 g/mol. The number of allylic oxidation sites excluding steroid dienone is 4. The highest BCUT2D eigenvalue weighted by Gasteiger charge is 2.58. The molecule has 0 bridgehead atoms. The normalized spacial score (nSPS) is 42.4. The Bertz CT molecular complexity index is 714. The van der Waals surface area contributed by atoms with E-state index in [1.165, 1.54) is 56.9 Å². The molecule has 8 atom stereocenters. The third-order valence-electron chi connectivity index (χ3n) is 10.7. The molecular formula is C29H46O. The predicted molar refractivity (Wildman–Crippen MR) is 127 cm³/mol. The Hall–Kier alpha value is -0.850. The maximum Gasteiger partial charge on any atom is 0.159 e. The van der Waals surface area contributed by atoms with Crippen LogP contribution in [0.2, 0.25) is 0 Å². The summed E-state index contributed by atoms with van der Waals surface area (Å²) < 4.78 is 0. The minimum atomic E-state index is 0.146. The van der Waals surface area contributed by atoms with Crippen molar-refractivity contribution < 1.29 is 4.79 Å². The number of carbonyl (C=O) groups excluding carboxylic acids is 1. The molecule has 2 fully saturated rings. The van der Waals surface area contributed by atoms with Gasteiger partial charge in [-0.3, -0.25) is 4.79 Å². The molecule has 2 saturated carbocycles. The molecule has 0 radical (unpaired) electrons. The highest BCUT2D eigenvalue weighted by Crippen LogP contribution is 2.66. The molecule has 0 heterocycles. The zero-order valence-corrected chi connectivity index (χ0v) is 20.5. The first-order valence-electron chi connectivity index (χ1n) is 13.1. The number of fused-ring (bicyclic) bond motifs is 5. The lowest BCUT2D eigenvalue weighted by Crippen LogP contribution is -2.49. The Morgan fingerprint density at radius 3 is 2.53 bits per heavy atom. The van der Waals surface area contributed by atoms with Crippen molar-refractivity contribution >= 4 is 5.78 Å². The summed E-state index contributed by atoms with van der Waals surface area (Å²) in [6.07, 6.45) is 18.4. The zero-order valence-electron chi connectivity index (χ0n) is 20.5. The third-order valence-corrected chi connectivity index (χ3v) is 10.7. The second-order valence-electron chi connectivity index (χ2n) is 12.3. The van der Waals surface area contributed by atoms with E-state index >= 15 is 0 Å². The van der Waals surface area contributed by atoms with E-state index in [1.807, 2.05) is 6.08 Å². The van der Waals surface area contributed by atoms with E-state index in [1.54, 1.807) is 0 Å². The van der Waals surface area contributed by atoms with Gasteiger partial charge in [0.15, 0.2) is 5.78 Å². The van der Waals surface area contributed by atoms with Crippen LogP contribution in [0, 0.1) is 52.3 Å². The summed E-state index contributed by atoms with van der Waals surface area (Å²) >= 11 is 0. The molecule has 0 spiro atoms. The van der Waals surface area contributed by atoms with E-state index < -0.39 is 0 Å². The SMILES string of the molecule is CC[C@H](CC[C@@H](C)[C@H]1CCC2C3CC=C4CC(=O)C=C[C@]4(C)C3CC[C@@]21C)C(C)C. The van der Waals surface area contributed by atoms with Gasteiger partial charge in [-0.15, -0.1) is 0 Å². The predicted octanol–water partition coefficient (Wildman–Crippen LogP) is 8.01. The van der Waals surface area contributed by atoms with Crippen LogP contribution in [0.1, 0.15) is 99.3 Å². The number of carbonyl (C=O) groups is 1. The molecule has 0 aromatic carbocycles. The van der Waals surface area contributed by atoms with E-state index in [2.05, 4.69) is 53.7 Å². The maximum absolute atomic E-state index is 12.0. The fourth-order valence-corrected chi connectivity index (χ4v) is 8.77. The van der Waals surface area contributed by atoms with Crippen LogP contribution in [0.5, 0.6) is 0 Å². The number of rotatable bonds is 6. The number of ketones is 1. The Morgan fingerprint density at radius 2 is 1.83 bits per heavy atom. The van der Waals surface area contributed by atoms with E-state index in [4.69, 9.17) is 0 Å². The molecule has 1 heteroatoms. The lowest BCUT2D eigenvalue weighted by atomic mass is 9.48. The summed E-state index contributed by atoms with van der Waals surface area (Å²) in [5.41, 5.74) is 2.12. The summed E-state index contributed by atoms with van der Waals surface area (Å²) in [7, 11) is 0. The molecule has 0 aromatic rings. The highest BCUT2D eigenvalue weighted by molar-refractivity contribution is 5.93. The number of hydrogen-bond donors (Lipinski definition) is 0. The van der Waals surface area contributed by atoms with Crippen LogP contribution < -0.4 is 0 Å². The molecule has 168 valence electrons. The van der Waals surface area contributed by atoms with Crippen molar-refractivity contribution in [3.8, 4) is 0 Å². The van der Waals surface area contributed by atoms with Crippen LogP contribution in [0.25, 0.3) is 0 Å². The average Bonchev–Trinajstić information content (AvgIpc) is 3.06. The molecule has 0 saturated heterocycles. The summed E-state index contributed by atoms with van der Waals surface area (Å²) in [4.78, 5) is 12.0. The van der Waals surface area contributed by atoms with Crippen molar-refractivity contribution in [2.45, 2.75) is 99.3 Å². The lowest BCUT2D eigenvalue weighted by Gasteiger charge is -2.56. The third kappa shape index (κ3) is 3.57. The molecule has 1 nitrogen and oxygen atoms in total. The first kappa shape index (κ1) is 22.3. The van der Waals surface area contributed by atoms with Crippen LogP contribution in [-0.2, 0) is 4.79 Å². The molecule has 4 rings (SSSR count). The monoisotopic (exact) mass is 410 g/mol. The van der Waals surface area contributed by atoms with Crippen molar-refractivity contribution in [2.24, 2.45) is 52.3 Å². The van der Waals surface area contributed by atoms with Crippen molar-refractivity contribution in [1.29, 1.82) is 0 Å². The molecule has 30 heavy (non-hydrogen) atoms. The van der Waals surface area contributed by atoms with Crippen molar-refractivity contribution in [3.05, 3.63) is 23.8 Å². The Kier molecular flexibility index (Phi) is 6.15. The average molecular weight is 411 g/mol. The van der Waals surface area contributed by atoms with Gasteiger partial charge in [-0.1, -0.05) is 72.1 Å². The summed E-state index contributed by atoms with van der Waals surface area (Å²) in [6.45, 7) is 14.9. The van der Waals surface area contributed by atoms with Gasteiger partial charge in [0.2, 0.25) is 0 Å². The largest absolute Gasteiger partial charge is 0.295 e. The van der Waals surface area contributed by atoms with Crippen molar-refractivity contribution in [1.82, 2.24) is 0 Å². The smallest absolute Gasteiger partial charge is 0.159 e. The van der Waals surface area contributed by atoms with Crippen LogP contribution in [0.4, 0.5) is 0 Å². The fraction of sp³-hybridized carbons (Fsp3) is 0.828. The van der Waals surface area contributed by atoms with Gasteiger partial charge in [0.1, 0.15) is 0 Å². The van der Waals surface area contributed by atoms with Gasteiger partial charge < -0.3 is 0 Å². The molecule has 0 N–H and O–H groups in total. The summed E-state index contributed by atoms with van der Waals surface area (Å²) in [5.74, 6) is 6.26. The minimum Gasteiger partial charge on any atom is -0.295 e. The first-order valence-corrected chi connectivity index (χ1v) is 13.1. The summed E-state index contributed by atoms with van der Waals surface area (Å²) in [6, 6.07) is 0. The molecule has 4 aliphatic carbocycles. The first-order chi connectivity index (χ1) is 14.2. The molecule has 4 aliphatic rings. The second-order valence-corrected chi connectivity index (χ2v) is 12.3. The fourth-order valence-electron chi connectivity index (χ4n) is 8.77. The highest BCUT2D eigenvalue weighted by atomic mass is 16.1. The minimum absolute atomic E-state index is 0.146. The van der Waals surface area contributed by atoms with Gasteiger partial charge in [-0.25, -0.2) is 0 Å². The molecule has 0 aliphatic heterocycles. The van der Waals surface area contributed by atoms with Gasteiger partial charge in [-0.05, 0) is 91.4 Å². The second kappa shape index (κ2) is 8.25. The Balaban J connectivity index is 1.49. The van der Waals surface area contributed by atoms with Crippen molar-refractivity contribution in [3.63, 3.8) is 0 Å². The van der Waals surface area contributed by atoms with E-state index in [9.17, 15) is 4.79 Å². The van der Waals surface area contributed by atoms with Crippen LogP contribution >= 0.6 is 0 Å². The zero-order chi connectivity index (χ0) is 21.7. The van der Waals surface area contributed by atoms with Crippen LogP contribution in [0.3, 0.4) is 0 Å². The Labute approximate surface area is 186 Å².